The lowest BCUT2D eigenvalue weighted by Crippen LogP contribution is -2.48. The molecule has 0 bridgehead atoms. The Hall–Kier alpha value is -8.45. The first-order chi connectivity index (χ1) is 48.2. The summed E-state index contributed by atoms with van der Waals surface area (Å²) in [5.74, 6) is -3.59. The predicted octanol–water partition coefficient (Wildman–Crippen LogP) is 7.41. The lowest BCUT2D eigenvalue weighted by Gasteiger charge is -2.42. The number of carbonyl (C=O) groups excluding carboxylic acids is 13. The van der Waals surface area contributed by atoms with E-state index >= 15 is 0 Å². The number of esters is 6. The minimum Gasteiger partial charge on any atom is -0.469 e. The topological polar surface area (TPSA) is 300 Å². The smallest absolute Gasteiger partial charge is 0.308 e. The summed E-state index contributed by atoms with van der Waals surface area (Å²) in [5, 5.41) is 0. The largest absolute Gasteiger partial charge is 0.469 e. The summed E-state index contributed by atoms with van der Waals surface area (Å²) in [7, 11) is 25.1. The van der Waals surface area contributed by atoms with Crippen LogP contribution in [0.2, 0.25) is 0 Å². The molecule has 7 rings (SSSR count). The second-order valence-electron chi connectivity index (χ2n) is 29.2. The van der Waals surface area contributed by atoms with Gasteiger partial charge in [-0.15, -0.1) is 0 Å². The summed E-state index contributed by atoms with van der Waals surface area (Å²) in [5.41, 5.74) is 5.15. The molecule has 0 heterocycles. The molecule has 5 saturated carbocycles. The van der Waals surface area contributed by atoms with Crippen LogP contribution in [0.15, 0.2) is 48.5 Å². The Bertz CT molecular complexity index is 2980. The van der Waals surface area contributed by atoms with Crippen molar-refractivity contribution in [3.63, 3.8) is 0 Å². The molecule has 2 aromatic carbocycles. The van der Waals surface area contributed by atoms with Crippen LogP contribution >= 0.6 is 0 Å². The highest BCUT2D eigenvalue weighted by Gasteiger charge is 2.44. The molecule has 4 unspecified atom stereocenters. The summed E-state index contributed by atoms with van der Waals surface area (Å²) in [6.07, 6.45) is 7.94. The summed E-state index contributed by atoms with van der Waals surface area (Å²) in [6, 6.07) is 17.1. The molecule has 7 amide bonds. The quantitative estimate of drug-likeness (QED) is 0.124. The van der Waals surface area contributed by atoms with Gasteiger partial charge in [0.1, 0.15) is 18.3 Å². The number of hydrogen-bond acceptors (Lipinski definition) is 19. The van der Waals surface area contributed by atoms with Gasteiger partial charge in [-0.05, 0) is 125 Å². The lowest BCUT2D eigenvalue weighted by molar-refractivity contribution is -0.167. The van der Waals surface area contributed by atoms with Gasteiger partial charge < -0.3 is 62.7 Å². The molecule has 0 aliphatic heterocycles. The van der Waals surface area contributed by atoms with Crippen molar-refractivity contribution in [3.8, 4) is 0 Å². The highest BCUT2D eigenvalue weighted by molar-refractivity contribution is 5.86. The van der Waals surface area contributed by atoms with E-state index in [1.54, 1.807) is 109 Å². The molecule has 5 aliphatic rings. The van der Waals surface area contributed by atoms with E-state index in [0.717, 1.165) is 32.1 Å². The summed E-state index contributed by atoms with van der Waals surface area (Å²) < 4.78 is 29.3. The molecule has 5 fully saturated rings. The SMILES string of the molecule is CC(=O)N(C)C1CC(c2ccccc2C)CC(N(C)C(C)=O)C1.CC(=O)OC1CC(OC(C)=O)CC(OC(C)=O)C1.CN(C)C(=O)C1CC(C(=O)N(C)C)CC(C(=O)N(C)C)C1.COC(=O)C1CC(C(=O)OC)CC(C(=O)OC)C1.Cc1ccccc1C1CC(C(=O)N(C)C)CC(C(=O)N(C)C)C1. The van der Waals surface area contributed by atoms with Gasteiger partial charge in [0.2, 0.25) is 41.4 Å². The molecule has 2 aromatic rings. The van der Waals surface area contributed by atoms with Crippen LogP contribution in [0, 0.1) is 61.2 Å². The zero-order chi connectivity index (χ0) is 78.0. The maximum Gasteiger partial charge on any atom is 0.308 e. The monoisotopic (exact) mass is 1450 g/mol. The third-order valence-corrected chi connectivity index (χ3v) is 20.3. The number of ether oxygens (including phenoxy) is 6. The van der Waals surface area contributed by atoms with Gasteiger partial charge in [0.05, 0.1) is 39.1 Å². The number of hydrogen-bond donors (Lipinski definition) is 0. The van der Waals surface area contributed by atoms with E-state index in [2.05, 4.69) is 64.5 Å². The van der Waals surface area contributed by atoms with E-state index < -0.39 is 53.6 Å². The molecule has 0 saturated heterocycles. The Kier molecular flexibility index (Phi) is 36.5. The van der Waals surface area contributed by atoms with E-state index in [1.807, 2.05) is 36.0 Å². The summed E-state index contributed by atoms with van der Waals surface area (Å²) in [4.78, 5) is 164. The number of methoxy groups -OCH3 is 3. The zero-order valence-electron chi connectivity index (χ0n) is 65.3. The second kappa shape index (κ2) is 42.4. The van der Waals surface area contributed by atoms with Gasteiger partial charge in [-0.25, -0.2) is 0 Å². The molecule has 26 nitrogen and oxygen atoms in total. The Morgan fingerprint density at radius 3 is 0.738 bits per heavy atom. The van der Waals surface area contributed by atoms with Gasteiger partial charge in [-0.1, -0.05) is 48.5 Å². The fraction of sp³-hybridized carbons (Fsp3) is 0.675. The van der Waals surface area contributed by atoms with Crippen LogP contribution in [-0.2, 0) is 90.8 Å². The number of rotatable bonds is 15. The van der Waals surface area contributed by atoms with Crippen molar-refractivity contribution in [1.82, 2.24) is 34.3 Å². The first-order valence-corrected chi connectivity index (χ1v) is 35.5. The third-order valence-electron chi connectivity index (χ3n) is 20.3. The fourth-order valence-electron chi connectivity index (χ4n) is 15.0. The molecular formula is C77H119N7O19. The molecule has 0 spiro atoms. The van der Waals surface area contributed by atoms with Gasteiger partial charge in [-0.3, -0.25) is 62.3 Å². The third kappa shape index (κ3) is 27.9. The van der Waals surface area contributed by atoms with Crippen molar-refractivity contribution in [2.45, 2.75) is 187 Å². The second-order valence-corrected chi connectivity index (χ2v) is 29.2. The van der Waals surface area contributed by atoms with Crippen LogP contribution in [0.25, 0.3) is 0 Å². The van der Waals surface area contributed by atoms with Gasteiger partial charge >= 0.3 is 35.8 Å². The molecule has 103 heavy (non-hydrogen) atoms. The van der Waals surface area contributed by atoms with E-state index in [0.29, 0.717) is 70.1 Å². The molecule has 4 atom stereocenters. The molecule has 0 radical (unpaired) electrons. The Balaban J connectivity index is 0.000000336. The highest BCUT2D eigenvalue weighted by Crippen LogP contribution is 2.43. The van der Waals surface area contributed by atoms with Gasteiger partial charge in [0, 0.05) is 180 Å². The average molecular weight is 1450 g/mol. The van der Waals surface area contributed by atoms with Crippen molar-refractivity contribution in [1.29, 1.82) is 0 Å². The van der Waals surface area contributed by atoms with Crippen molar-refractivity contribution in [3.05, 3.63) is 70.8 Å². The molecule has 5 aliphatic carbocycles. The van der Waals surface area contributed by atoms with E-state index in [4.69, 9.17) is 14.2 Å². The number of nitrogens with zero attached hydrogens (tertiary/aromatic N) is 7. The normalized spacial score (nSPS) is 25.4. The van der Waals surface area contributed by atoms with Gasteiger partial charge in [0.15, 0.2) is 0 Å². The summed E-state index contributed by atoms with van der Waals surface area (Å²) >= 11 is 0. The number of carbonyl (C=O) groups is 13. The van der Waals surface area contributed by atoms with Crippen LogP contribution in [0.1, 0.15) is 165 Å². The van der Waals surface area contributed by atoms with Gasteiger partial charge in [0.25, 0.3) is 0 Å². The van der Waals surface area contributed by atoms with E-state index in [1.165, 1.54) is 64.4 Å². The lowest BCUT2D eigenvalue weighted by atomic mass is 9.71. The molecule has 0 N–H and O–H groups in total. The average Bonchev–Trinajstić information content (AvgIpc) is 0.815. The van der Waals surface area contributed by atoms with Crippen molar-refractivity contribution in [2.24, 2.45) is 47.3 Å². The van der Waals surface area contributed by atoms with Crippen LogP contribution < -0.4 is 0 Å². The first kappa shape index (κ1) is 88.8. The highest BCUT2D eigenvalue weighted by atomic mass is 16.6. The Labute approximate surface area is 610 Å². The van der Waals surface area contributed by atoms with E-state index in [-0.39, 0.29) is 107 Å². The number of benzene rings is 2. The molecule has 26 heteroatoms. The minimum absolute atomic E-state index is 0.00260. The molecule has 0 aromatic heterocycles. The summed E-state index contributed by atoms with van der Waals surface area (Å²) in [6.45, 7) is 11.4. The zero-order valence-corrected chi connectivity index (χ0v) is 65.3. The fourth-order valence-corrected chi connectivity index (χ4v) is 15.0. The van der Waals surface area contributed by atoms with Crippen molar-refractivity contribution < 1.29 is 90.8 Å². The standard InChI is InChI=1S/2C19H28N2O2.C15H27N3O3.2C12H18O6/c1-13-8-6-7-9-17(13)14-10-15(18(22)20(2)3)12-16(11-14)19(23)21(4)5;1-13-8-6-7-9-19(13)16-10-17(20(4)14(2)22)12-18(11-16)21(5)15(3)23;1-16(2)13(19)10-7-11(14(20)17(3)4)9-12(8-10)15(21)18(5)6;1-16-10(13)7-4-8(11(14)17-2)6-9(5-7)12(15)18-3;1-7(13)16-10-4-11(17-8(2)14)6-12(5-10)18-9(3)15/h6-9,14-16H,10-12H2,1-5H3;6-9,16-18H,10-12H2,1-5H3;10-12H,7-9H2,1-6H3;7-9H,4-6H2,1-3H3;10-12H,4-6H2,1-3H3. The molecule has 576 valence electrons. The van der Waals surface area contributed by atoms with Crippen molar-refractivity contribution in [2.75, 3.05) is 106 Å². The number of aryl methyl sites for hydroxylation is 2. The predicted molar refractivity (Wildman–Crippen MR) is 386 cm³/mol. The number of amides is 7. The van der Waals surface area contributed by atoms with Crippen LogP contribution in [-0.4, -0.2) is 248 Å². The Morgan fingerprint density at radius 2 is 0.524 bits per heavy atom. The van der Waals surface area contributed by atoms with Gasteiger partial charge in [-0.2, -0.15) is 0 Å². The Morgan fingerprint density at radius 1 is 0.301 bits per heavy atom. The van der Waals surface area contributed by atoms with Crippen LogP contribution in [0.5, 0.6) is 0 Å². The van der Waals surface area contributed by atoms with Crippen molar-refractivity contribution >= 4 is 77.2 Å². The first-order valence-electron chi connectivity index (χ1n) is 35.5. The maximum absolute atomic E-state index is 12.5. The van der Waals surface area contributed by atoms with Crippen LogP contribution in [0.4, 0.5) is 0 Å². The van der Waals surface area contributed by atoms with Crippen LogP contribution in [0.3, 0.4) is 0 Å². The maximum atomic E-state index is 12.5. The van der Waals surface area contributed by atoms with E-state index in [9.17, 15) is 62.3 Å². The minimum atomic E-state index is -0.461. The molecular weight excluding hydrogens is 1330 g/mol.